The highest BCUT2D eigenvalue weighted by atomic mass is 32.1. The van der Waals surface area contributed by atoms with Crippen molar-refractivity contribution in [2.24, 2.45) is 0 Å². The number of rotatable bonds is 1. The average Bonchev–Trinajstić information content (AvgIpc) is 2.47. The zero-order valence-corrected chi connectivity index (χ0v) is 7.21. The fourth-order valence-corrected chi connectivity index (χ4v) is 2.46. The van der Waals surface area contributed by atoms with Crippen LogP contribution in [0.4, 0.5) is 4.39 Å². The summed E-state index contributed by atoms with van der Waals surface area (Å²) in [6.45, 7) is 1.61. The van der Waals surface area contributed by atoms with Gasteiger partial charge in [0, 0.05) is 16.8 Å². The molecule has 0 bridgehead atoms. The smallest absolute Gasteiger partial charge is 0.312 e. The average molecular weight is 185 g/mol. The summed E-state index contributed by atoms with van der Waals surface area (Å²) >= 11 is 1.46. The van der Waals surface area contributed by atoms with Crippen LogP contribution < -0.4 is 5.32 Å². The summed E-state index contributed by atoms with van der Waals surface area (Å²) in [6, 6.07) is -1.30. The van der Waals surface area contributed by atoms with Gasteiger partial charge in [0.2, 0.25) is 0 Å². The van der Waals surface area contributed by atoms with E-state index in [4.69, 9.17) is 0 Å². The summed E-state index contributed by atoms with van der Waals surface area (Å²) in [5.41, 5.74) is 1.18. The van der Waals surface area contributed by atoms with E-state index in [1.807, 2.05) is 0 Å². The topological polar surface area (TPSA) is 29.1 Å². The third-order valence-corrected chi connectivity index (χ3v) is 3.06. The molecule has 4 heteroatoms. The Kier molecular flexibility index (Phi) is 1.94. The summed E-state index contributed by atoms with van der Waals surface area (Å²) in [5.74, 6) is 0. The lowest BCUT2D eigenvalue weighted by molar-refractivity contribution is 0.0835. The minimum Gasteiger partial charge on any atom is -0.312 e. The highest BCUT2D eigenvalue weighted by molar-refractivity contribution is 7.10. The van der Waals surface area contributed by atoms with E-state index in [0.29, 0.717) is 0 Å². The van der Waals surface area contributed by atoms with Gasteiger partial charge in [0.25, 0.3) is 0 Å². The lowest BCUT2D eigenvalue weighted by Gasteiger charge is -2.12. The SMILES string of the molecule is O=C(F)c1csc2c1CCNC2. The molecule has 1 aliphatic heterocycles. The lowest BCUT2D eigenvalue weighted by atomic mass is 10.1. The minimum atomic E-state index is -1.30. The van der Waals surface area contributed by atoms with Crippen molar-refractivity contribution in [1.29, 1.82) is 0 Å². The van der Waals surface area contributed by atoms with Gasteiger partial charge in [-0.25, -0.2) is 0 Å². The Morgan fingerprint density at radius 2 is 2.50 bits per heavy atom. The molecule has 2 nitrogen and oxygen atoms in total. The first kappa shape index (κ1) is 7.89. The maximum absolute atomic E-state index is 12.4. The predicted octanol–water partition coefficient (Wildman–Crippen LogP) is 1.50. The fraction of sp³-hybridized carbons (Fsp3) is 0.375. The van der Waals surface area contributed by atoms with E-state index in [1.165, 1.54) is 11.3 Å². The Labute approximate surface area is 73.4 Å². The van der Waals surface area contributed by atoms with E-state index in [-0.39, 0.29) is 5.56 Å². The normalized spacial score (nSPS) is 15.8. The van der Waals surface area contributed by atoms with Crippen molar-refractivity contribution in [2.75, 3.05) is 6.54 Å². The number of hydrogen-bond donors (Lipinski definition) is 1. The van der Waals surface area contributed by atoms with Gasteiger partial charge in [-0.3, -0.25) is 4.79 Å². The van der Waals surface area contributed by atoms with Gasteiger partial charge in [0.1, 0.15) is 0 Å². The van der Waals surface area contributed by atoms with Gasteiger partial charge in [0.05, 0.1) is 5.56 Å². The van der Waals surface area contributed by atoms with Crippen molar-refractivity contribution >= 4 is 17.4 Å². The number of halogens is 1. The van der Waals surface area contributed by atoms with Crippen LogP contribution in [0.25, 0.3) is 0 Å². The van der Waals surface area contributed by atoms with Gasteiger partial charge in [-0.15, -0.1) is 11.3 Å². The molecule has 0 amide bonds. The van der Waals surface area contributed by atoms with Crippen molar-refractivity contribution in [3.05, 3.63) is 21.4 Å². The number of fused-ring (bicyclic) bond motifs is 1. The van der Waals surface area contributed by atoms with Crippen LogP contribution in [0.1, 0.15) is 20.8 Å². The predicted molar refractivity (Wildman–Crippen MR) is 45.2 cm³/mol. The van der Waals surface area contributed by atoms with E-state index in [2.05, 4.69) is 5.32 Å². The Balaban J connectivity index is 2.44. The van der Waals surface area contributed by atoms with Gasteiger partial charge in [0.15, 0.2) is 0 Å². The molecule has 0 spiro atoms. The van der Waals surface area contributed by atoms with Crippen LogP contribution in [0, 0.1) is 0 Å². The van der Waals surface area contributed by atoms with Crippen molar-refractivity contribution in [3.8, 4) is 0 Å². The first-order chi connectivity index (χ1) is 5.79. The summed E-state index contributed by atoms with van der Waals surface area (Å²) in [4.78, 5) is 11.6. The van der Waals surface area contributed by atoms with Gasteiger partial charge >= 0.3 is 6.04 Å². The van der Waals surface area contributed by atoms with Crippen LogP contribution >= 0.6 is 11.3 Å². The molecule has 0 saturated carbocycles. The summed E-state index contributed by atoms with van der Waals surface area (Å²) in [7, 11) is 0. The zero-order chi connectivity index (χ0) is 8.55. The van der Waals surface area contributed by atoms with Gasteiger partial charge in [-0.2, -0.15) is 4.39 Å². The first-order valence-electron chi connectivity index (χ1n) is 3.79. The number of thiophene rings is 1. The molecule has 0 atom stereocenters. The Morgan fingerprint density at radius 3 is 3.25 bits per heavy atom. The van der Waals surface area contributed by atoms with E-state index in [0.717, 1.165) is 30.0 Å². The quantitative estimate of drug-likeness (QED) is 0.672. The number of hydrogen-bond acceptors (Lipinski definition) is 3. The van der Waals surface area contributed by atoms with Crippen LogP contribution in [0.3, 0.4) is 0 Å². The molecule has 1 aliphatic rings. The fourth-order valence-electron chi connectivity index (χ4n) is 1.43. The number of carbonyl (C=O) groups is 1. The second-order valence-electron chi connectivity index (χ2n) is 2.75. The van der Waals surface area contributed by atoms with Crippen LogP contribution in [-0.2, 0) is 13.0 Å². The molecule has 0 aliphatic carbocycles. The highest BCUT2D eigenvalue weighted by Crippen LogP contribution is 2.25. The van der Waals surface area contributed by atoms with Crippen LogP contribution in [-0.4, -0.2) is 12.6 Å². The number of carbonyl (C=O) groups excluding carboxylic acids is 1. The summed E-state index contributed by atoms with van der Waals surface area (Å²) in [5, 5.41) is 4.78. The molecule has 0 unspecified atom stereocenters. The molecule has 0 aromatic carbocycles. The summed E-state index contributed by atoms with van der Waals surface area (Å²) in [6.07, 6.45) is 0.768. The maximum Gasteiger partial charge on any atom is 0.333 e. The van der Waals surface area contributed by atoms with Crippen LogP contribution in [0.2, 0.25) is 0 Å². The van der Waals surface area contributed by atoms with Crippen molar-refractivity contribution in [1.82, 2.24) is 5.32 Å². The molecule has 1 aromatic heterocycles. The summed E-state index contributed by atoms with van der Waals surface area (Å²) < 4.78 is 12.4. The molecule has 64 valence electrons. The third kappa shape index (κ3) is 1.17. The lowest BCUT2D eigenvalue weighted by Crippen LogP contribution is -2.22. The maximum atomic E-state index is 12.4. The Bertz CT molecular complexity index is 321. The molecule has 0 radical (unpaired) electrons. The standard InChI is InChI=1S/C8H8FNOS/c9-8(11)6-4-12-7-3-10-2-1-5(6)7/h4,10H,1-3H2. The largest absolute Gasteiger partial charge is 0.333 e. The number of nitrogens with one attached hydrogen (secondary N) is 1. The minimum absolute atomic E-state index is 0.275. The molecule has 0 saturated heterocycles. The van der Waals surface area contributed by atoms with Crippen molar-refractivity contribution in [3.63, 3.8) is 0 Å². The monoisotopic (exact) mass is 185 g/mol. The van der Waals surface area contributed by atoms with Crippen molar-refractivity contribution in [2.45, 2.75) is 13.0 Å². The van der Waals surface area contributed by atoms with Crippen LogP contribution in [0.5, 0.6) is 0 Å². The Hall–Kier alpha value is -0.740. The van der Waals surface area contributed by atoms with Crippen molar-refractivity contribution < 1.29 is 9.18 Å². The van der Waals surface area contributed by atoms with E-state index in [9.17, 15) is 9.18 Å². The van der Waals surface area contributed by atoms with E-state index >= 15 is 0 Å². The second-order valence-corrected chi connectivity index (χ2v) is 3.72. The molecular weight excluding hydrogens is 177 g/mol. The van der Waals surface area contributed by atoms with E-state index < -0.39 is 6.04 Å². The molecule has 2 rings (SSSR count). The zero-order valence-electron chi connectivity index (χ0n) is 6.39. The molecule has 12 heavy (non-hydrogen) atoms. The van der Waals surface area contributed by atoms with Gasteiger partial charge < -0.3 is 5.32 Å². The third-order valence-electron chi connectivity index (χ3n) is 2.03. The first-order valence-corrected chi connectivity index (χ1v) is 4.67. The molecule has 1 aromatic rings. The second kappa shape index (κ2) is 2.95. The van der Waals surface area contributed by atoms with Crippen LogP contribution in [0.15, 0.2) is 5.38 Å². The van der Waals surface area contributed by atoms with Gasteiger partial charge in [-0.05, 0) is 18.5 Å². The van der Waals surface area contributed by atoms with Gasteiger partial charge in [-0.1, -0.05) is 0 Å². The highest BCUT2D eigenvalue weighted by Gasteiger charge is 2.19. The van der Waals surface area contributed by atoms with E-state index in [1.54, 1.807) is 5.38 Å². The molecule has 0 fully saturated rings. The molecular formula is C8H8FNOS. The molecule has 2 heterocycles. The Morgan fingerprint density at radius 1 is 1.67 bits per heavy atom. The molecule has 1 N–H and O–H groups in total.